The van der Waals surface area contributed by atoms with Gasteiger partial charge in [-0.05, 0) is 30.2 Å². The minimum Gasteiger partial charge on any atom is -0.481 e. The van der Waals surface area contributed by atoms with E-state index in [1.54, 1.807) is 0 Å². The van der Waals surface area contributed by atoms with Crippen molar-refractivity contribution in [1.29, 1.82) is 0 Å². The molecule has 0 spiro atoms. The summed E-state index contributed by atoms with van der Waals surface area (Å²) in [7, 11) is 0. The molecule has 0 saturated heterocycles. The van der Waals surface area contributed by atoms with Gasteiger partial charge in [0.15, 0.2) is 0 Å². The van der Waals surface area contributed by atoms with Gasteiger partial charge >= 0.3 is 12.1 Å². The normalized spacial score (nSPS) is 18.7. The number of nitro groups is 1. The van der Waals surface area contributed by atoms with Crippen LogP contribution < -0.4 is 9.47 Å². The van der Waals surface area contributed by atoms with Gasteiger partial charge in [-0.15, -0.1) is 0 Å². The molecule has 28 heavy (non-hydrogen) atoms. The van der Waals surface area contributed by atoms with Crippen LogP contribution in [-0.4, -0.2) is 28.3 Å². The summed E-state index contributed by atoms with van der Waals surface area (Å²) in [6, 6.07) is 7.39. The average molecular weight is 418 g/mol. The van der Waals surface area contributed by atoms with Crippen molar-refractivity contribution in [3.8, 4) is 17.2 Å². The van der Waals surface area contributed by atoms with E-state index < -0.39 is 35.5 Å². The molecule has 0 aliphatic carbocycles. The summed E-state index contributed by atoms with van der Waals surface area (Å²) < 4.78 is 49.9. The summed E-state index contributed by atoms with van der Waals surface area (Å²) in [5.74, 6) is -3.50. The van der Waals surface area contributed by atoms with Gasteiger partial charge in [-0.3, -0.25) is 14.9 Å². The maximum atomic E-state index is 13.2. The number of carboxylic acids is 1. The monoisotopic (exact) mass is 417 g/mol. The van der Waals surface area contributed by atoms with E-state index in [9.17, 15) is 28.1 Å². The number of benzene rings is 2. The number of carboxylic acid groups (broad SMARTS) is 1. The standard InChI is InChI=1S/C17H11ClF3NO6/c18-12-6-8-5-11(16(23)24)15(17(19,20)21)28-13(8)7-14(12)27-10-3-1-9(2-4-10)22(25)26/h1-4,6-7,11,15H,5H2,(H,23,24). The van der Waals surface area contributed by atoms with Gasteiger partial charge < -0.3 is 14.6 Å². The molecule has 1 aliphatic rings. The summed E-state index contributed by atoms with van der Waals surface area (Å²) in [6.45, 7) is 0. The second kappa shape index (κ2) is 7.19. The fourth-order valence-corrected chi connectivity index (χ4v) is 2.99. The first-order valence-corrected chi connectivity index (χ1v) is 8.15. The Morgan fingerprint density at radius 3 is 2.46 bits per heavy atom. The average Bonchev–Trinajstić information content (AvgIpc) is 2.61. The van der Waals surface area contributed by atoms with Gasteiger partial charge in [0.05, 0.1) is 9.95 Å². The maximum Gasteiger partial charge on any atom is 0.426 e. The van der Waals surface area contributed by atoms with Gasteiger partial charge in [-0.2, -0.15) is 13.2 Å². The smallest absolute Gasteiger partial charge is 0.426 e. The second-order valence-electron chi connectivity index (χ2n) is 5.97. The zero-order valence-corrected chi connectivity index (χ0v) is 14.5. The highest BCUT2D eigenvalue weighted by atomic mass is 35.5. The van der Waals surface area contributed by atoms with E-state index in [0.29, 0.717) is 0 Å². The van der Waals surface area contributed by atoms with Crippen LogP contribution in [0.15, 0.2) is 36.4 Å². The Morgan fingerprint density at radius 1 is 1.29 bits per heavy atom. The van der Waals surface area contributed by atoms with Gasteiger partial charge in [0.2, 0.25) is 6.10 Å². The van der Waals surface area contributed by atoms with Crippen LogP contribution in [0, 0.1) is 16.0 Å². The highest BCUT2D eigenvalue weighted by Gasteiger charge is 2.52. The Bertz CT molecular complexity index is 932. The molecular weight excluding hydrogens is 407 g/mol. The van der Waals surface area contributed by atoms with Crippen LogP contribution in [0.5, 0.6) is 17.2 Å². The molecule has 2 aromatic carbocycles. The van der Waals surface area contributed by atoms with Crippen LogP contribution >= 0.6 is 11.6 Å². The van der Waals surface area contributed by atoms with E-state index in [0.717, 1.165) is 6.07 Å². The molecule has 11 heteroatoms. The van der Waals surface area contributed by atoms with Gasteiger partial charge in [-0.25, -0.2) is 0 Å². The third-order valence-corrected chi connectivity index (χ3v) is 4.38. The highest BCUT2D eigenvalue weighted by Crippen LogP contribution is 2.43. The molecule has 0 bridgehead atoms. The number of nitrogens with zero attached hydrogens (tertiary/aromatic N) is 1. The van der Waals surface area contributed by atoms with E-state index in [-0.39, 0.29) is 33.5 Å². The van der Waals surface area contributed by atoms with Crippen molar-refractivity contribution in [2.75, 3.05) is 0 Å². The quantitative estimate of drug-likeness (QED) is 0.576. The predicted molar refractivity (Wildman–Crippen MR) is 89.9 cm³/mol. The topological polar surface area (TPSA) is 98.9 Å². The summed E-state index contributed by atoms with van der Waals surface area (Å²) >= 11 is 6.09. The summed E-state index contributed by atoms with van der Waals surface area (Å²) in [4.78, 5) is 21.3. The number of hydrogen-bond acceptors (Lipinski definition) is 5. The number of aliphatic carboxylic acids is 1. The molecule has 0 amide bonds. The van der Waals surface area contributed by atoms with Crippen LogP contribution in [0.1, 0.15) is 5.56 Å². The third-order valence-electron chi connectivity index (χ3n) is 4.09. The molecule has 2 atom stereocenters. The van der Waals surface area contributed by atoms with Crippen molar-refractivity contribution in [1.82, 2.24) is 0 Å². The summed E-state index contributed by atoms with van der Waals surface area (Å²) in [5, 5.41) is 19.8. The van der Waals surface area contributed by atoms with E-state index in [4.69, 9.17) is 26.2 Å². The van der Waals surface area contributed by atoms with Crippen LogP contribution in [0.25, 0.3) is 0 Å². The van der Waals surface area contributed by atoms with E-state index in [1.807, 2.05) is 0 Å². The number of hydrogen-bond donors (Lipinski definition) is 1. The highest BCUT2D eigenvalue weighted by molar-refractivity contribution is 6.32. The lowest BCUT2D eigenvalue weighted by molar-refractivity contribution is -0.384. The van der Waals surface area contributed by atoms with Crippen LogP contribution in [-0.2, 0) is 11.2 Å². The lowest BCUT2D eigenvalue weighted by Crippen LogP contribution is -2.47. The number of ether oxygens (including phenoxy) is 2. The molecule has 0 saturated carbocycles. The Hall–Kier alpha value is -3.01. The first-order chi connectivity index (χ1) is 13.1. The molecule has 0 radical (unpaired) electrons. The fourth-order valence-electron chi connectivity index (χ4n) is 2.76. The summed E-state index contributed by atoms with van der Waals surface area (Å²) in [5.41, 5.74) is 0.0360. The minimum atomic E-state index is -4.88. The molecule has 0 fully saturated rings. The van der Waals surface area contributed by atoms with Gasteiger partial charge in [0.1, 0.15) is 23.2 Å². The minimum absolute atomic E-state index is 0.0234. The maximum absolute atomic E-state index is 13.2. The number of non-ortho nitro benzene ring substituents is 1. The van der Waals surface area contributed by atoms with Crippen molar-refractivity contribution in [3.63, 3.8) is 0 Å². The molecule has 1 heterocycles. The largest absolute Gasteiger partial charge is 0.481 e. The first-order valence-electron chi connectivity index (χ1n) is 7.77. The first kappa shape index (κ1) is 19.7. The van der Waals surface area contributed by atoms with Crippen molar-refractivity contribution < 1.29 is 37.5 Å². The van der Waals surface area contributed by atoms with Crippen LogP contribution in [0.4, 0.5) is 18.9 Å². The molecular formula is C17H11ClF3NO6. The number of fused-ring (bicyclic) bond motifs is 1. The van der Waals surface area contributed by atoms with Gasteiger partial charge in [-0.1, -0.05) is 11.6 Å². The number of carbonyl (C=O) groups is 1. The Balaban J connectivity index is 1.91. The van der Waals surface area contributed by atoms with Crippen molar-refractivity contribution in [2.24, 2.45) is 5.92 Å². The Labute approximate surface area is 160 Å². The van der Waals surface area contributed by atoms with Gasteiger partial charge in [0, 0.05) is 18.2 Å². The molecule has 0 aromatic heterocycles. The Morgan fingerprint density at radius 2 is 1.93 bits per heavy atom. The predicted octanol–water partition coefficient (Wildman–Crippen LogP) is 4.61. The van der Waals surface area contributed by atoms with Crippen molar-refractivity contribution in [3.05, 3.63) is 57.1 Å². The molecule has 2 unspecified atom stereocenters. The van der Waals surface area contributed by atoms with Crippen LogP contribution in [0.3, 0.4) is 0 Å². The number of nitro benzene ring substituents is 1. The molecule has 1 N–H and O–H groups in total. The number of rotatable bonds is 4. The van der Waals surface area contributed by atoms with E-state index >= 15 is 0 Å². The zero-order valence-electron chi connectivity index (χ0n) is 13.8. The Kier molecular flexibility index (Phi) is 5.07. The lowest BCUT2D eigenvalue weighted by Gasteiger charge is -2.32. The van der Waals surface area contributed by atoms with Crippen LogP contribution in [0.2, 0.25) is 5.02 Å². The molecule has 3 rings (SSSR count). The number of halogens is 4. The van der Waals surface area contributed by atoms with Gasteiger partial charge in [0.25, 0.3) is 5.69 Å². The fraction of sp³-hybridized carbons (Fsp3) is 0.235. The zero-order chi connectivity index (χ0) is 20.6. The van der Waals surface area contributed by atoms with E-state index in [2.05, 4.69) is 0 Å². The number of alkyl halides is 3. The van der Waals surface area contributed by atoms with Crippen molar-refractivity contribution in [2.45, 2.75) is 18.7 Å². The molecule has 7 nitrogen and oxygen atoms in total. The van der Waals surface area contributed by atoms with Crippen molar-refractivity contribution >= 4 is 23.3 Å². The lowest BCUT2D eigenvalue weighted by atomic mass is 9.90. The second-order valence-corrected chi connectivity index (χ2v) is 6.38. The molecule has 1 aliphatic heterocycles. The van der Waals surface area contributed by atoms with E-state index in [1.165, 1.54) is 30.3 Å². The SMILES string of the molecule is O=C(O)C1Cc2cc(Cl)c(Oc3ccc([N+](=O)[O-])cc3)cc2OC1C(F)(F)F. The molecule has 2 aromatic rings. The molecule has 148 valence electrons. The summed E-state index contributed by atoms with van der Waals surface area (Å²) in [6.07, 6.45) is -7.79. The third kappa shape index (κ3) is 3.96.